The molecule has 2 rings (SSSR count). The summed E-state index contributed by atoms with van der Waals surface area (Å²) >= 11 is 12.1. The Morgan fingerprint density at radius 1 is 1.27 bits per heavy atom. The van der Waals surface area contributed by atoms with Crippen molar-refractivity contribution in [2.45, 2.75) is 6.92 Å². The number of hydrogen-bond acceptors (Lipinski definition) is 4. The Labute approximate surface area is 137 Å². The molecule has 2 aromatic rings. The molecule has 22 heavy (non-hydrogen) atoms. The summed E-state index contributed by atoms with van der Waals surface area (Å²) in [5, 5.41) is 24.3. The lowest BCUT2D eigenvalue weighted by atomic mass is 9.97. The Bertz CT molecular complexity index is 785. The molecule has 0 unspecified atom stereocenters. The van der Waals surface area contributed by atoms with E-state index in [2.05, 4.69) is 5.32 Å². The first-order valence-corrected chi connectivity index (χ1v) is 7.16. The van der Waals surface area contributed by atoms with Gasteiger partial charge in [0.2, 0.25) is 0 Å². The van der Waals surface area contributed by atoms with Crippen molar-refractivity contribution in [3.63, 3.8) is 0 Å². The molecule has 0 saturated heterocycles. The van der Waals surface area contributed by atoms with Crippen LogP contribution in [0.15, 0.2) is 30.3 Å². The largest absolute Gasteiger partial charge is 0.379 e. The number of nitro benzene ring substituents is 1. The number of nitro groups is 1. The van der Waals surface area contributed by atoms with Crippen LogP contribution in [0.3, 0.4) is 0 Å². The van der Waals surface area contributed by atoms with Crippen LogP contribution in [0, 0.1) is 21.4 Å². The highest BCUT2D eigenvalue weighted by molar-refractivity contribution is 6.36. The van der Waals surface area contributed by atoms with E-state index in [1.807, 2.05) is 6.07 Å². The minimum atomic E-state index is -0.522. The van der Waals surface area contributed by atoms with Crippen molar-refractivity contribution in [1.82, 2.24) is 0 Å². The monoisotopic (exact) mass is 335 g/mol. The van der Waals surface area contributed by atoms with Crippen LogP contribution in [0.25, 0.3) is 11.1 Å². The number of hydrogen-bond donors (Lipinski definition) is 1. The standard InChI is InChI=1S/C15H11Cl2N3O2/c1-2-19-15-12(8-18)10(5-6-14(15)20(21)22)11-4-3-9(16)7-13(11)17/h3-7,19H,2H2,1H3. The zero-order valence-corrected chi connectivity index (χ0v) is 13.1. The third kappa shape index (κ3) is 2.98. The van der Waals surface area contributed by atoms with Crippen LogP contribution < -0.4 is 5.32 Å². The molecular weight excluding hydrogens is 325 g/mol. The van der Waals surface area contributed by atoms with Gasteiger partial charge in [0.1, 0.15) is 11.8 Å². The van der Waals surface area contributed by atoms with Gasteiger partial charge < -0.3 is 5.32 Å². The van der Waals surface area contributed by atoms with Crippen molar-refractivity contribution < 1.29 is 4.92 Å². The molecule has 0 heterocycles. The summed E-state index contributed by atoms with van der Waals surface area (Å²) in [7, 11) is 0. The molecule has 0 aliphatic rings. The average molecular weight is 336 g/mol. The summed E-state index contributed by atoms with van der Waals surface area (Å²) in [6.07, 6.45) is 0. The summed E-state index contributed by atoms with van der Waals surface area (Å²) < 4.78 is 0. The second-order valence-electron chi connectivity index (χ2n) is 4.41. The van der Waals surface area contributed by atoms with Crippen LogP contribution >= 0.6 is 23.2 Å². The number of halogens is 2. The summed E-state index contributed by atoms with van der Waals surface area (Å²) in [5.74, 6) is 0. The van der Waals surface area contributed by atoms with Crippen LogP contribution in [0.5, 0.6) is 0 Å². The molecule has 0 spiro atoms. The van der Waals surface area contributed by atoms with Crippen molar-refractivity contribution in [2.24, 2.45) is 0 Å². The molecule has 2 aromatic carbocycles. The Kier molecular flexibility index (Phi) is 4.86. The van der Waals surface area contributed by atoms with Gasteiger partial charge in [-0.2, -0.15) is 5.26 Å². The molecule has 0 aromatic heterocycles. The molecule has 0 aliphatic heterocycles. The van der Waals surface area contributed by atoms with Crippen LogP contribution in [0.2, 0.25) is 10.0 Å². The summed E-state index contributed by atoms with van der Waals surface area (Å²) in [5.41, 5.74) is 1.34. The van der Waals surface area contributed by atoms with Gasteiger partial charge in [0, 0.05) is 33.8 Å². The second kappa shape index (κ2) is 6.65. The van der Waals surface area contributed by atoms with Crippen LogP contribution in [-0.2, 0) is 0 Å². The van der Waals surface area contributed by atoms with Gasteiger partial charge in [0.25, 0.3) is 5.69 Å². The van der Waals surface area contributed by atoms with Crippen LogP contribution in [-0.4, -0.2) is 11.5 Å². The highest BCUT2D eigenvalue weighted by atomic mass is 35.5. The Balaban J connectivity index is 2.75. The molecule has 5 nitrogen and oxygen atoms in total. The first kappa shape index (κ1) is 16.1. The Hall–Kier alpha value is -2.29. The van der Waals surface area contributed by atoms with Gasteiger partial charge in [-0.05, 0) is 25.1 Å². The van der Waals surface area contributed by atoms with E-state index in [-0.39, 0.29) is 16.9 Å². The third-order valence-electron chi connectivity index (χ3n) is 3.07. The normalized spacial score (nSPS) is 10.1. The quantitative estimate of drug-likeness (QED) is 0.638. The van der Waals surface area contributed by atoms with Crippen LogP contribution in [0.1, 0.15) is 12.5 Å². The molecule has 0 fully saturated rings. The fourth-order valence-corrected chi connectivity index (χ4v) is 2.66. The number of nitriles is 1. The number of rotatable bonds is 4. The van der Waals surface area contributed by atoms with Crippen molar-refractivity contribution >= 4 is 34.6 Å². The highest BCUT2D eigenvalue weighted by Crippen LogP contribution is 2.38. The predicted molar refractivity (Wildman–Crippen MR) is 87.4 cm³/mol. The molecule has 1 N–H and O–H groups in total. The number of nitrogens with one attached hydrogen (secondary N) is 1. The molecule has 0 bridgehead atoms. The number of nitrogens with zero attached hydrogens (tertiary/aromatic N) is 2. The number of benzene rings is 2. The average Bonchev–Trinajstić information content (AvgIpc) is 2.47. The smallest absolute Gasteiger partial charge is 0.293 e. The maximum Gasteiger partial charge on any atom is 0.293 e. The van der Waals surface area contributed by atoms with Crippen molar-refractivity contribution in [1.29, 1.82) is 5.26 Å². The van der Waals surface area contributed by atoms with E-state index in [1.165, 1.54) is 12.1 Å². The zero-order chi connectivity index (χ0) is 16.3. The van der Waals surface area contributed by atoms with Gasteiger partial charge >= 0.3 is 0 Å². The molecule has 0 atom stereocenters. The minimum absolute atomic E-state index is 0.146. The fourth-order valence-electron chi connectivity index (χ4n) is 2.15. The van der Waals surface area contributed by atoms with Crippen molar-refractivity contribution in [3.8, 4) is 17.2 Å². The van der Waals surface area contributed by atoms with Crippen molar-refractivity contribution in [2.75, 3.05) is 11.9 Å². The van der Waals surface area contributed by atoms with E-state index < -0.39 is 4.92 Å². The molecule has 7 heteroatoms. The maximum absolute atomic E-state index is 11.1. The SMILES string of the molecule is CCNc1c([N+](=O)[O-])ccc(-c2ccc(Cl)cc2Cl)c1C#N. The van der Waals surface area contributed by atoms with Gasteiger partial charge in [-0.25, -0.2) is 0 Å². The molecule has 0 radical (unpaired) electrons. The van der Waals surface area contributed by atoms with Gasteiger partial charge in [0.15, 0.2) is 0 Å². The summed E-state index contributed by atoms with van der Waals surface area (Å²) in [6, 6.07) is 9.80. The van der Waals surface area contributed by atoms with E-state index in [9.17, 15) is 15.4 Å². The third-order valence-corrected chi connectivity index (χ3v) is 3.61. The zero-order valence-electron chi connectivity index (χ0n) is 11.6. The summed E-state index contributed by atoms with van der Waals surface area (Å²) in [6.45, 7) is 2.25. The van der Waals surface area contributed by atoms with E-state index in [1.54, 1.807) is 25.1 Å². The first-order chi connectivity index (χ1) is 10.5. The molecule has 0 amide bonds. The van der Waals surface area contributed by atoms with E-state index in [4.69, 9.17) is 23.2 Å². The van der Waals surface area contributed by atoms with Gasteiger partial charge in [-0.3, -0.25) is 10.1 Å². The molecule has 112 valence electrons. The van der Waals surface area contributed by atoms with Gasteiger partial charge in [-0.15, -0.1) is 0 Å². The van der Waals surface area contributed by atoms with Crippen LogP contribution in [0.4, 0.5) is 11.4 Å². The van der Waals surface area contributed by atoms with E-state index in [0.717, 1.165) is 0 Å². The van der Waals surface area contributed by atoms with Gasteiger partial charge in [-0.1, -0.05) is 29.3 Å². The maximum atomic E-state index is 11.1. The lowest BCUT2D eigenvalue weighted by molar-refractivity contribution is -0.384. The molecule has 0 saturated carbocycles. The first-order valence-electron chi connectivity index (χ1n) is 6.40. The lowest BCUT2D eigenvalue weighted by Gasteiger charge is -2.12. The topological polar surface area (TPSA) is 79.0 Å². The van der Waals surface area contributed by atoms with E-state index in [0.29, 0.717) is 27.7 Å². The minimum Gasteiger partial charge on any atom is -0.379 e. The second-order valence-corrected chi connectivity index (χ2v) is 5.25. The van der Waals surface area contributed by atoms with Crippen molar-refractivity contribution in [3.05, 3.63) is 56.1 Å². The Morgan fingerprint density at radius 2 is 1.95 bits per heavy atom. The predicted octanol–water partition coefficient (Wildman–Crippen LogP) is 4.87. The highest BCUT2D eigenvalue weighted by Gasteiger charge is 2.22. The fraction of sp³-hybridized carbons (Fsp3) is 0.133. The number of anilines is 1. The van der Waals surface area contributed by atoms with E-state index >= 15 is 0 Å². The summed E-state index contributed by atoms with van der Waals surface area (Å²) in [4.78, 5) is 10.6. The molecular formula is C15H11Cl2N3O2. The molecule has 0 aliphatic carbocycles. The van der Waals surface area contributed by atoms with Gasteiger partial charge in [0.05, 0.1) is 10.5 Å². The lowest BCUT2D eigenvalue weighted by Crippen LogP contribution is -2.04. The Morgan fingerprint density at radius 3 is 2.50 bits per heavy atom.